The van der Waals surface area contributed by atoms with E-state index in [4.69, 9.17) is 23.2 Å². The lowest BCUT2D eigenvalue weighted by Gasteiger charge is -2.19. The number of fused-ring (bicyclic) bond motifs is 1. The van der Waals surface area contributed by atoms with Gasteiger partial charge < -0.3 is 4.90 Å². The van der Waals surface area contributed by atoms with Crippen molar-refractivity contribution in [1.29, 1.82) is 5.26 Å². The molecule has 0 N–H and O–H groups in total. The zero-order valence-corrected chi connectivity index (χ0v) is 17.0. The Kier molecular flexibility index (Phi) is 5.18. The van der Waals surface area contributed by atoms with Gasteiger partial charge in [0.1, 0.15) is 11.2 Å². The van der Waals surface area contributed by atoms with Crippen LogP contribution in [0.1, 0.15) is 22.3 Å². The number of hydrogen-bond donors (Lipinski definition) is 0. The molecule has 3 aromatic rings. The average molecular weight is 424 g/mol. The van der Waals surface area contributed by atoms with E-state index in [1.165, 1.54) is 0 Å². The van der Waals surface area contributed by atoms with Crippen LogP contribution in [-0.2, 0) is 17.6 Å². The number of carbonyl (C=O) groups is 1. The fourth-order valence-corrected chi connectivity index (χ4v) is 3.86. The van der Waals surface area contributed by atoms with Gasteiger partial charge >= 0.3 is 0 Å². The number of halogens is 2. The minimum atomic E-state index is -0.121. The normalized spacial score (nSPS) is 12.6. The maximum absolute atomic E-state index is 12.9. The molecule has 0 spiro atoms. The lowest BCUT2D eigenvalue weighted by atomic mass is 9.99. The topological polar surface area (TPSA) is 82.8 Å². The summed E-state index contributed by atoms with van der Waals surface area (Å²) in [6.45, 7) is 2.39. The first-order chi connectivity index (χ1) is 14.0. The first-order valence-corrected chi connectivity index (χ1v) is 9.70. The number of nitrogens with zero attached hydrogens (tertiary/aromatic N) is 5. The van der Waals surface area contributed by atoms with Gasteiger partial charge in [0, 0.05) is 24.5 Å². The maximum Gasteiger partial charge on any atom is 0.231 e. The Morgan fingerprint density at radius 1 is 1.31 bits per heavy atom. The molecule has 0 saturated carbocycles. The third kappa shape index (κ3) is 3.67. The summed E-state index contributed by atoms with van der Waals surface area (Å²) in [4.78, 5) is 26.9. The third-order valence-electron chi connectivity index (χ3n) is 4.88. The van der Waals surface area contributed by atoms with Gasteiger partial charge in [0.05, 0.1) is 23.4 Å². The number of nitriles is 1. The molecule has 3 heterocycles. The third-order valence-corrected chi connectivity index (χ3v) is 5.40. The Morgan fingerprint density at radius 3 is 2.90 bits per heavy atom. The largest absolute Gasteiger partial charge is 0.310 e. The summed E-state index contributed by atoms with van der Waals surface area (Å²) in [5.74, 6) is -0.121. The van der Waals surface area contributed by atoms with E-state index in [9.17, 15) is 10.1 Å². The molecule has 8 heteroatoms. The number of hydrogen-bond acceptors (Lipinski definition) is 5. The molecular weight excluding hydrogens is 409 g/mol. The van der Waals surface area contributed by atoms with E-state index in [2.05, 4.69) is 21.0 Å². The molecule has 1 aromatic carbocycles. The molecule has 1 aliphatic rings. The Morgan fingerprint density at radius 2 is 2.14 bits per heavy atom. The molecule has 1 aliphatic heterocycles. The van der Waals surface area contributed by atoms with E-state index in [0.29, 0.717) is 40.6 Å². The Bertz CT molecular complexity index is 1170. The van der Waals surface area contributed by atoms with E-state index in [-0.39, 0.29) is 17.6 Å². The van der Waals surface area contributed by atoms with Crippen molar-refractivity contribution in [1.82, 2.24) is 15.0 Å². The van der Waals surface area contributed by atoms with Crippen LogP contribution in [0.4, 0.5) is 5.69 Å². The molecule has 6 nitrogen and oxygen atoms in total. The molecule has 0 atom stereocenters. The average Bonchev–Trinajstić information content (AvgIpc) is 3.15. The summed E-state index contributed by atoms with van der Waals surface area (Å²) in [6, 6.07) is 9.45. The second-order valence-corrected chi connectivity index (χ2v) is 7.44. The molecule has 0 saturated heterocycles. The van der Waals surface area contributed by atoms with Crippen molar-refractivity contribution in [2.24, 2.45) is 0 Å². The van der Waals surface area contributed by atoms with Crippen LogP contribution in [0.25, 0.3) is 11.3 Å². The van der Waals surface area contributed by atoms with Gasteiger partial charge in [-0.15, -0.1) is 0 Å². The highest BCUT2D eigenvalue weighted by Gasteiger charge is 2.29. The van der Waals surface area contributed by atoms with Crippen LogP contribution in [0.15, 0.2) is 36.7 Å². The standard InChI is InChI=1S/C21H15Cl2N5O/c1-12-11-26-21(23)27-18(12)15-7-13-4-6-28(19(13)16(8-15)10-24)17(29)9-14-3-2-5-25-20(14)22/h2-3,5,7-8,11H,4,6,9H2,1H3. The maximum atomic E-state index is 12.9. The predicted molar refractivity (Wildman–Crippen MR) is 111 cm³/mol. The molecule has 2 aromatic heterocycles. The number of amides is 1. The number of benzene rings is 1. The van der Waals surface area contributed by atoms with E-state index in [1.807, 2.05) is 13.0 Å². The van der Waals surface area contributed by atoms with Crippen LogP contribution in [0.2, 0.25) is 10.4 Å². The lowest BCUT2D eigenvalue weighted by molar-refractivity contribution is -0.117. The van der Waals surface area contributed by atoms with Gasteiger partial charge in [-0.3, -0.25) is 4.79 Å². The van der Waals surface area contributed by atoms with E-state index in [1.54, 1.807) is 35.5 Å². The molecule has 0 bridgehead atoms. The molecule has 144 valence electrons. The van der Waals surface area contributed by atoms with E-state index < -0.39 is 0 Å². The number of rotatable bonds is 3. The van der Waals surface area contributed by atoms with Crippen molar-refractivity contribution in [3.05, 3.63) is 69.3 Å². The summed E-state index contributed by atoms with van der Waals surface area (Å²) in [5.41, 5.74) is 4.99. The number of carbonyl (C=O) groups excluding carboxylic acids is 1. The Balaban J connectivity index is 1.71. The van der Waals surface area contributed by atoms with Crippen LogP contribution < -0.4 is 4.90 Å². The van der Waals surface area contributed by atoms with Crippen molar-refractivity contribution in [3.8, 4) is 17.3 Å². The summed E-state index contributed by atoms with van der Waals surface area (Å²) >= 11 is 12.0. The van der Waals surface area contributed by atoms with Crippen LogP contribution in [0.5, 0.6) is 0 Å². The van der Waals surface area contributed by atoms with E-state index in [0.717, 1.165) is 16.7 Å². The van der Waals surface area contributed by atoms with Crippen LogP contribution in [0.3, 0.4) is 0 Å². The monoisotopic (exact) mass is 423 g/mol. The predicted octanol–water partition coefficient (Wildman–Crippen LogP) is 4.16. The number of aromatic nitrogens is 3. The SMILES string of the molecule is Cc1cnc(Cl)nc1-c1cc(C#N)c2c(c1)CCN2C(=O)Cc1cccnc1Cl. The summed E-state index contributed by atoms with van der Waals surface area (Å²) in [5, 5.41) is 10.2. The fraction of sp³-hybridized carbons (Fsp3) is 0.190. The zero-order valence-electron chi connectivity index (χ0n) is 15.5. The van der Waals surface area contributed by atoms with Crippen LogP contribution in [0, 0.1) is 18.3 Å². The number of aryl methyl sites for hydroxylation is 1. The minimum Gasteiger partial charge on any atom is -0.310 e. The van der Waals surface area contributed by atoms with Gasteiger partial charge in [-0.05, 0) is 59.8 Å². The molecule has 0 radical (unpaired) electrons. The lowest BCUT2D eigenvalue weighted by Crippen LogP contribution is -2.31. The first-order valence-electron chi connectivity index (χ1n) is 8.94. The van der Waals surface area contributed by atoms with E-state index >= 15 is 0 Å². The van der Waals surface area contributed by atoms with Gasteiger partial charge in [-0.2, -0.15) is 5.26 Å². The Labute approximate surface area is 177 Å². The molecule has 0 unspecified atom stereocenters. The molecule has 0 fully saturated rings. The highest BCUT2D eigenvalue weighted by Crippen LogP contribution is 2.36. The second-order valence-electron chi connectivity index (χ2n) is 6.74. The van der Waals surface area contributed by atoms with Gasteiger partial charge in [0.15, 0.2) is 0 Å². The zero-order chi connectivity index (χ0) is 20.5. The van der Waals surface area contributed by atoms with Gasteiger partial charge in [-0.1, -0.05) is 17.7 Å². The summed E-state index contributed by atoms with van der Waals surface area (Å²) in [6.07, 6.45) is 4.01. The second kappa shape index (κ2) is 7.78. The van der Waals surface area contributed by atoms with Crippen molar-refractivity contribution in [3.63, 3.8) is 0 Å². The first kappa shape index (κ1) is 19.3. The molecule has 4 rings (SSSR count). The number of anilines is 1. The molecular formula is C21H15Cl2N5O. The minimum absolute atomic E-state index is 0.121. The van der Waals surface area contributed by atoms with Crippen LogP contribution in [-0.4, -0.2) is 27.4 Å². The van der Waals surface area contributed by atoms with Gasteiger partial charge in [-0.25, -0.2) is 15.0 Å². The quantitative estimate of drug-likeness (QED) is 0.466. The fourth-order valence-electron chi connectivity index (χ4n) is 3.54. The summed E-state index contributed by atoms with van der Waals surface area (Å²) < 4.78 is 0. The Hall–Kier alpha value is -3.01. The van der Waals surface area contributed by atoms with Gasteiger partial charge in [0.25, 0.3) is 0 Å². The molecule has 1 amide bonds. The van der Waals surface area contributed by atoms with Gasteiger partial charge in [0.2, 0.25) is 11.2 Å². The highest BCUT2D eigenvalue weighted by molar-refractivity contribution is 6.30. The van der Waals surface area contributed by atoms with Crippen molar-refractivity contribution >= 4 is 34.8 Å². The van der Waals surface area contributed by atoms with Crippen molar-refractivity contribution in [2.45, 2.75) is 19.8 Å². The smallest absolute Gasteiger partial charge is 0.231 e. The van der Waals surface area contributed by atoms with Crippen molar-refractivity contribution in [2.75, 3.05) is 11.4 Å². The van der Waals surface area contributed by atoms with Crippen molar-refractivity contribution < 1.29 is 4.79 Å². The number of pyridine rings is 1. The van der Waals surface area contributed by atoms with Crippen LogP contribution >= 0.6 is 23.2 Å². The molecule has 29 heavy (non-hydrogen) atoms. The summed E-state index contributed by atoms with van der Waals surface area (Å²) in [7, 11) is 0. The molecule has 0 aliphatic carbocycles. The highest BCUT2D eigenvalue weighted by atomic mass is 35.5.